The number of carbonyl (C=O) groups is 7. The van der Waals surface area contributed by atoms with Crippen LogP contribution in [0.2, 0.25) is 0 Å². The van der Waals surface area contributed by atoms with Crippen molar-refractivity contribution in [2.24, 2.45) is 5.73 Å². The van der Waals surface area contributed by atoms with E-state index in [1.807, 2.05) is 0 Å². The van der Waals surface area contributed by atoms with Gasteiger partial charge in [0.25, 0.3) is 12.1 Å². The van der Waals surface area contributed by atoms with E-state index in [9.17, 15) is 48.9 Å². The molecule has 0 aromatic carbocycles. The van der Waals surface area contributed by atoms with E-state index in [2.05, 4.69) is 5.32 Å². The fraction of sp³-hybridized carbons (Fsp3) is 0.650. The third-order valence-corrected chi connectivity index (χ3v) is 5.28. The number of carboxylic acid groups (broad SMARTS) is 5. The van der Waals surface area contributed by atoms with E-state index >= 15 is 0 Å². The van der Waals surface area contributed by atoms with Gasteiger partial charge in [-0.05, 0) is 0 Å². The van der Waals surface area contributed by atoms with Crippen molar-refractivity contribution in [1.29, 1.82) is 0 Å². The first-order valence-corrected chi connectivity index (χ1v) is 11.1. The van der Waals surface area contributed by atoms with Crippen molar-refractivity contribution in [1.82, 2.24) is 15.1 Å². The summed E-state index contributed by atoms with van der Waals surface area (Å²) in [6, 6.07) is 0. The molecule has 2 amide bonds. The maximum atomic E-state index is 12.9. The van der Waals surface area contributed by atoms with Gasteiger partial charge in [0, 0.05) is 33.9 Å². The van der Waals surface area contributed by atoms with Crippen LogP contribution in [0.3, 0.4) is 0 Å². The van der Waals surface area contributed by atoms with E-state index in [4.69, 9.17) is 25.4 Å². The van der Waals surface area contributed by atoms with E-state index in [1.165, 1.54) is 4.90 Å². The topological polar surface area (TPSA) is 284 Å². The van der Waals surface area contributed by atoms with Gasteiger partial charge in [-0.15, -0.1) is 0 Å². The minimum atomic E-state index is -1.85. The molecule has 0 heterocycles. The Bertz CT molecular complexity index is 881. The number of primary amides is 1. The van der Waals surface area contributed by atoms with Crippen LogP contribution in [-0.4, -0.2) is 167 Å². The Morgan fingerprint density at radius 1 is 0.718 bits per heavy atom. The minimum Gasteiger partial charge on any atom is -0.480 e. The molecule has 8 N–H and O–H groups in total. The number of amides is 2. The number of ether oxygens (including phenoxy) is 2. The molecule has 19 heteroatoms. The molecule has 0 aliphatic heterocycles. The number of nitrogens with zero attached hydrogens (tertiary/aromatic N) is 3. The third-order valence-electron chi connectivity index (χ3n) is 5.28. The van der Waals surface area contributed by atoms with Crippen LogP contribution < -0.4 is 11.1 Å². The van der Waals surface area contributed by atoms with Crippen molar-refractivity contribution < 1.29 is 73.1 Å². The SMILES string of the molecule is COC(NC(=O)C(OC)[N+](CCN(CCN(CC(=O)O)CC(=O)O)CC(=O)O)(CC(=O)O)CC(=O)O)C(N)=O. The molecule has 0 aliphatic rings. The van der Waals surface area contributed by atoms with Gasteiger partial charge in [0.2, 0.25) is 6.23 Å². The van der Waals surface area contributed by atoms with Gasteiger partial charge >= 0.3 is 35.8 Å². The second-order valence-electron chi connectivity index (χ2n) is 8.33. The summed E-state index contributed by atoms with van der Waals surface area (Å²) in [7, 11) is 2.02. The lowest BCUT2D eigenvalue weighted by Crippen LogP contribution is -2.68. The first kappa shape index (κ1) is 35.1. The zero-order chi connectivity index (χ0) is 30.3. The lowest BCUT2D eigenvalue weighted by Gasteiger charge is -2.41. The normalized spacial score (nSPS) is 13.0. The molecule has 0 rings (SSSR count). The lowest BCUT2D eigenvalue weighted by molar-refractivity contribution is -0.948. The predicted molar refractivity (Wildman–Crippen MR) is 125 cm³/mol. The molecule has 222 valence electrons. The molecule has 0 aliphatic carbocycles. The van der Waals surface area contributed by atoms with Crippen molar-refractivity contribution in [3.63, 3.8) is 0 Å². The smallest absolute Gasteiger partial charge is 0.359 e. The number of nitrogens with two attached hydrogens (primary N) is 1. The second-order valence-corrected chi connectivity index (χ2v) is 8.33. The first-order chi connectivity index (χ1) is 18.1. The Kier molecular flexibility index (Phi) is 15.1. The van der Waals surface area contributed by atoms with Gasteiger partial charge in [-0.1, -0.05) is 0 Å². The molecule has 2 unspecified atom stereocenters. The number of quaternary nitrogens is 1. The van der Waals surface area contributed by atoms with Crippen molar-refractivity contribution >= 4 is 41.7 Å². The summed E-state index contributed by atoms with van der Waals surface area (Å²) in [5.74, 6) is -9.36. The fourth-order valence-electron chi connectivity index (χ4n) is 3.74. The molecular formula is C20H34N5O14+. The van der Waals surface area contributed by atoms with Gasteiger partial charge < -0.3 is 46.1 Å². The molecule has 0 saturated carbocycles. The van der Waals surface area contributed by atoms with E-state index in [0.29, 0.717) is 0 Å². The Hall–Kier alpha value is -3.91. The predicted octanol–water partition coefficient (Wildman–Crippen LogP) is -4.62. The van der Waals surface area contributed by atoms with Crippen molar-refractivity contribution in [2.75, 3.05) is 73.1 Å². The molecule has 0 bridgehead atoms. The molecule has 0 aromatic rings. The Balaban J connectivity index is 6.20. The summed E-state index contributed by atoms with van der Waals surface area (Å²) in [4.78, 5) is 83.6. The van der Waals surface area contributed by atoms with Gasteiger partial charge in [0.1, 0.15) is 0 Å². The number of carbonyl (C=O) groups excluding carboxylic acids is 2. The summed E-state index contributed by atoms with van der Waals surface area (Å²) >= 11 is 0. The van der Waals surface area contributed by atoms with Gasteiger partial charge in [0.15, 0.2) is 13.1 Å². The molecule has 39 heavy (non-hydrogen) atoms. The number of methoxy groups -OCH3 is 2. The highest BCUT2D eigenvalue weighted by atomic mass is 16.5. The van der Waals surface area contributed by atoms with Crippen molar-refractivity contribution in [2.45, 2.75) is 12.5 Å². The van der Waals surface area contributed by atoms with Crippen molar-refractivity contribution in [3.05, 3.63) is 0 Å². The highest BCUT2D eigenvalue weighted by Gasteiger charge is 2.47. The zero-order valence-corrected chi connectivity index (χ0v) is 21.3. The average molecular weight is 569 g/mol. The van der Waals surface area contributed by atoms with Crippen LogP contribution in [0.5, 0.6) is 0 Å². The number of hydrogen-bond donors (Lipinski definition) is 7. The van der Waals surface area contributed by atoms with Crippen LogP contribution >= 0.6 is 0 Å². The van der Waals surface area contributed by atoms with E-state index in [0.717, 1.165) is 19.1 Å². The molecule has 0 aromatic heterocycles. The standard InChI is InChI=1S/C20H33N5O14/c1-38-19(17(21)36)22-18(37)20(39-2)25(10-15(32)33,11-16(34)35)6-5-23(7-12(26)27)3-4-24(8-13(28)29)9-14(30)31/h19-20H,3-11H2,1-2H3,(H7-,21,22,26,27,28,29,30,31,32,33,34,35,36,37)/p+1. The van der Waals surface area contributed by atoms with Crippen molar-refractivity contribution in [3.8, 4) is 0 Å². The summed E-state index contributed by atoms with van der Waals surface area (Å²) in [5, 5.41) is 48.4. The van der Waals surface area contributed by atoms with Crippen LogP contribution in [0.25, 0.3) is 0 Å². The Labute approximate surface area is 221 Å². The lowest BCUT2D eigenvalue weighted by atomic mass is 10.2. The van der Waals surface area contributed by atoms with Gasteiger partial charge in [-0.25, -0.2) is 9.59 Å². The molecule has 0 saturated heterocycles. The summed E-state index contributed by atoms with van der Waals surface area (Å²) < 4.78 is 8.79. The Morgan fingerprint density at radius 3 is 1.51 bits per heavy atom. The van der Waals surface area contributed by atoms with Crippen LogP contribution in [0.4, 0.5) is 0 Å². The summed E-state index contributed by atoms with van der Waals surface area (Å²) in [5.41, 5.74) is 5.12. The third kappa shape index (κ3) is 13.4. The van der Waals surface area contributed by atoms with E-state index < -0.39 is 97.9 Å². The highest BCUT2D eigenvalue weighted by molar-refractivity contribution is 5.87. The number of hydrogen-bond acceptors (Lipinski definition) is 11. The molecule has 2 atom stereocenters. The molecular weight excluding hydrogens is 534 g/mol. The average Bonchev–Trinajstić information content (AvgIpc) is 2.77. The maximum Gasteiger partial charge on any atom is 0.359 e. The number of rotatable bonds is 22. The van der Waals surface area contributed by atoms with E-state index in [1.54, 1.807) is 0 Å². The maximum absolute atomic E-state index is 12.9. The van der Waals surface area contributed by atoms with Crippen LogP contribution in [0.1, 0.15) is 0 Å². The second kappa shape index (κ2) is 16.8. The van der Waals surface area contributed by atoms with Crippen LogP contribution in [0, 0.1) is 0 Å². The van der Waals surface area contributed by atoms with Crippen LogP contribution in [-0.2, 0) is 43.0 Å². The van der Waals surface area contributed by atoms with E-state index in [-0.39, 0.29) is 19.6 Å². The number of nitrogens with one attached hydrogen (secondary N) is 1. The quantitative estimate of drug-likeness (QED) is 0.0477. The molecule has 0 radical (unpaired) electrons. The molecule has 19 nitrogen and oxygen atoms in total. The van der Waals surface area contributed by atoms with Gasteiger partial charge in [0.05, 0.1) is 26.2 Å². The minimum absolute atomic E-state index is 0.218. The summed E-state index contributed by atoms with van der Waals surface area (Å²) in [6.07, 6.45) is -3.51. The fourth-order valence-corrected chi connectivity index (χ4v) is 3.74. The van der Waals surface area contributed by atoms with Gasteiger partial charge in [-0.2, -0.15) is 0 Å². The Morgan fingerprint density at radius 2 is 1.15 bits per heavy atom. The van der Waals surface area contributed by atoms with Gasteiger partial charge in [-0.3, -0.25) is 38.3 Å². The number of carboxylic acids is 5. The van der Waals surface area contributed by atoms with Crippen LogP contribution in [0.15, 0.2) is 0 Å². The molecule has 0 spiro atoms. The number of aliphatic carboxylic acids is 5. The monoisotopic (exact) mass is 568 g/mol. The zero-order valence-electron chi connectivity index (χ0n) is 21.3. The largest absolute Gasteiger partial charge is 0.480 e. The summed E-state index contributed by atoms with van der Waals surface area (Å²) in [6.45, 7) is -5.28. The first-order valence-electron chi connectivity index (χ1n) is 11.1. The molecule has 0 fully saturated rings. The highest BCUT2D eigenvalue weighted by Crippen LogP contribution is 2.17.